The molecule has 1 aromatic carbocycles. The van der Waals surface area contributed by atoms with Crippen LogP contribution < -0.4 is 14.8 Å². The number of nitrogens with zero attached hydrogens (tertiary/aromatic N) is 2. The smallest absolute Gasteiger partial charge is 0.249 e. The second kappa shape index (κ2) is 9.08. The molecule has 28 heavy (non-hydrogen) atoms. The van der Waals surface area contributed by atoms with Gasteiger partial charge in [0.1, 0.15) is 6.04 Å². The van der Waals surface area contributed by atoms with Gasteiger partial charge >= 0.3 is 0 Å². The molecule has 154 valence electrons. The van der Waals surface area contributed by atoms with Crippen molar-refractivity contribution >= 4 is 5.91 Å². The molecule has 0 aliphatic rings. The Hall–Kier alpha value is -2.57. The van der Waals surface area contributed by atoms with Crippen LogP contribution >= 0.6 is 0 Å². The van der Waals surface area contributed by atoms with E-state index in [2.05, 4.69) is 29.3 Å². The van der Waals surface area contributed by atoms with Crippen LogP contribution in [0.15, 0.2) is 22.7 Å². The first-order valence-electron chi connectivity index (χ1n) is 9.53. The molecule has 0 aliphatic heterocycles. The number of carbonyl (C=O) groups excluding carboxylic acids is 1. The van der Waals surface area contributed by atoms with Gasteiger partial charge in [-0.2, -0.15) is 4.98 Å². The lowest BCUT2D eigenvalue weighted by atomic mass is 9.91. The van der Waals surface area contributed by atoms with Crippen LogP contribution in [-0.4, -0.2) is 30.3 Å². The third-order valence-corrected chi connectivity index (χ3v) is 4.57. The second-order valence-corrected chi connectivity index (χ2v) is 8.19. The summed E-state index contributed by atoms with van der Waals surface area (Å²) in [5.41, 5.74) is 0.653. The Morgan fingerprint density at radius 2 is 1.89 bits per heavy atom. The van der Waals surface area contributed by atoms with Gasteiger partial charge in [0, 0.05) is 12.0 Å². The van der Waals surface area contributed by atoms with Gasteiger partial charge in [-0.15, -0.1) is 0 Å². The molecule has 7 heteroatoms. The highest BCUT2D eigenvalue weighted by Crippen LogP contribution is 2.32. The summed E-state index contributed by atoms with van der Waals surface area (Å²) < 4.78 is 16.1. The standard InChI is InChI=1S/C21H31N3O4/c1-8-13(2)18(22-17(25)12-21(3,4)5)20-23-19(24-28-20)14-9-10-15(26-6)16(11-14)27-7/h9-11,13,18H,8,12H2,1-7H3,(H,22,25)/t13-,18+/m0/s1. The molecule has 2 aromatic rings. The Balaban J connectivity index is 2.28. The van der Waals surface area contributed by atoms with E-state index < -0.39 is 0 Å². The number of methoxy groups -OCH3 is 2. The fourth-order valence-corrected chi connectivity index (χ4v) is 2.84. The Labute approximate surface area is 166 Å². The summed E-state index contributed by atoms with van der Waals surface area (Å²) in [6.07, 6.45) is 1.30. The molecule has 0 fully saturated rings. The number of hydrogen-bond acceptors (Lipinski definition) is 6. The van der Waals surface area contributed by atoms with E-state index >= 15 is 0 Å². The summed E-state index contributed by atoms with van der Waals surface area (Å²) in [6, 6.07) is 5.10. The van der Waals surface area contributed by atoms with E-state index in [1.54, 1.807) is 26.4 Å². The zero-order valence-electron chi connectivity index (χ0n) is 17.8. The van der Waals surface area contributed by atoms with Crippen molar-refractivity contribution in [2.75, 3.05) is 14.2 Å². The van der Waals surface area contributed by atoms with Gasteiger partial charge in [0.15, 0.2) is 11.5 Å². The van der Waals surface area contributed by atoms with E-state index in [0.29, 0.717) is 29.6 Å². The van der Waals surface area contributed by atoms with E-state index in [-0.39, 0.29) is 23.3 Å². The molecular weight excluding hydrogens is 358 g/mol. The highest BCUT2D eigenvalue weighted by molar-refractivity contribution is 5.77. The van der Waals surface area contributed by atoms with Crippen LogP contribution in [-0.2, 0) is 4.79 Å². The maximum absolute atomic E-state index is 12.5. The van der Waals surface area contributed by atoms with Gasteiger partial charge in [-0.1, -0.05) is 46.2 Å². The highest BCUT2D eigenvalue weighted by atomic mass is 16.5. The van der Waals surface area contributed by atoms with Gasteiger partial charge in [-0.3, -0.25) is 4.79 Å². The molecule has 0 unspecified atom stereocenters. The van der Waals surface area contributed by atoms with Gasteiger partial charge < -0.3 is 19.3 Å². The molecule has 1 N–H and O–H groups in total. The molecule has 0 radical (unpaired) electrons. The van der Waals surface area contributed by atoms with Crippen molar-refractivity contribution in [2.24, 2.45) is 11.3 Å². The number of nitrogens with one attached hydrogen (secondary N) is 1. The minimum atomic E-state index is -0.332. The van der Waals surface area contributed by atoms with Gasteiger partial charge in [0.25, 0.3) is 0 Å². The maximum Gasteiger partial charge on any atom is 0.249 e. The summed E-state index contributed by atoms with van der Waals surface area (Å²) in [5, 5.41) is 7.17. The third kappa shape index (κ3) is 5.47. The van der Waals surface area contributed by atoms with Gasteiger partial charge in [0.2, 0.25) is 17.6 Å². The number of hydrogen-bond donors (Lipinski definition) is 1. The third-order valence-electron chi connectivity index (χ3n) is 4.57. The molecule has 1 amide bonds. The van der Waals surface area contributed by atoms with Crippen LogP contribution in [0.2, 0.25) is 0 Å². The first-order valence-corrected chi connectivity index (χ1v) is 9.53. The normalized spacial score (nSPS) is 13.7. The molecule has 2 rings (SSSR count). The first kappa shape index (κ1) is 21.7. The Morgan fingerprint density at radius 1 is 1.21 bits per heavy atom. The molecule has 1 heterocycles. The second-order valence-electron chi connectivity index (χ2n) is 8.19. The quantitative estimate of drug-likeness (QED) is 0.720. The highest BCUT2D eigenvalue weighted by Gasteiger charge is 2.28. The molecule has 7 nitrogen and oxygen atoms in total. The molecule has 2 atom stereocenters. The number of rotatable bonds is 8. The fourth-order valence-electron chi connectivity index (χ4n) is 2.84. The minimum Gasteiger partial charge on any atom is -0.493 e. The van der Waals surface area contributed by atoms with Crippen LogP contribution in [0.25, 0.3) is 11.4 Å². The van der Waals surface area contributed by atoms with Crippen molar-refractivity contribution in [1.29, 1.82) is 0 Å². The monoisotopic (exact) mass is 389 g/mol. The Kier molecular flexibility index (Phi) is 7.05. The number of amides is 1. The van der Waals surface area contributed by atoms with E-state index in [0.717, 1.165) is 12.0 Å². The average Bonchev–Trinajstić information content (AvgIpc) is 3.13. The Bertz CT molecular complexity index is 795. The lowest BCUT2D eigenvalue weighted by Gasteiger charge is -2.23. The first-order chi connectivity index (χ1) is 13.2. The predicted molar refractivity (Wildman–Crippen MR) is 107 cm³/mol. The van der Waals surface area contributed by atoms with Crippen LogP contribution in [0.1, 0.15) is 59.4 Å². The molecule has 0 saturated carbocycles. The van der Waals surface area contributed by atoms with E-state index in [4.69, 9.17) is 14.0 Å². The van der Waals surface area contributed by atoms with Crippen LogP contribution in [0.5, 0.6) is 11.5 Å². The molecule has 0 spiro atoms. The minimum absolute atomic E-state index is 0.0244. The Morgan fingerprint density at radius 3 is 2.46 bits per heavy atom. The van der Waals surface area contributed by atoms with Crippen LogP contribution in [0, 0.1) is 11.3 Å². The van der Waals surface area contributed by atoms with Crippen molar-refractivity contribution in [3.05, 3.63) is 24.1 Å². The summed E-state index contributed by atoms with van der Waals surface area (Å²) >= 11 is 0. The van der Waals surface area contributed by atoms with Gasteiger partial charge in [-0.05, 0) is 29.5 Å². The number of carbonyl (C=O) groups is 1. The van der Waals surface area contributed by atoms with Crippen LogP contribution in [0.4, 0.5) is 0 Å². The van der Waals surface area contributed by atoms with Crippen molar-refractivity contribution < 1.29 is 18.8 Å². The average molecular weight is 389 g/mol. The van der Waals surface area contributed by atoms with E-state index in [1.807, 2.05) is 26.8 Å². The van der Waals surface area contributed by atoms with Crippen molar-refractivity contribution in [1.82, 2.24) is 15.5 Å². The predicted octanol–water partition coefficient (Wildman–Crippen LogP) is 4.39. The van der Waals surface area contributed by atoms with E-state index in [9.17, 15) is 4.79 Å². The van der Waals surface area contributed by atoms with Crippen LogP contribution in [0.3, 0.4) is 0 Å². The zero-order chi connectivity index (χ0) is 20.9. The number of aromatic nitrogens is 2. The van der Waals surface area contributed by atoms with E-state index in [1.165, 1.54) is 0 Å². The zero-order valence-corrected chi connectivity index (χ0v) is 17.8. The lowest BCUT2D eigenvalue weighted by Crippen LogP contribution is -2.34. The number of benzene rings is 1. The largest absolute Gasteiger partial charge is 0.493 e. The summed E-state index contributed by atoms with van der Waals surface area (Å²) in [5.74, 6) is 2.19. The maximum atomic E-state index is 12.5. The van der Waals surface area contributed by atoms with Gasteiger partial charge in [-0.25, -0.2) is 0 Å². The number of ether oxygens (including phenoxy) is 2. The SMILES string of the molecule is CC[C@H](C)[C@@H](NC(=O)CC(C)(C)C)c1nc(-c2ccc(OC)c(OC)c2)no1. The molecule has 1 aromatic heterocycles. The summed E-state index contributed by atoms with van der Waals surface area (Å²) in [7, 11) is 3.16. The molecule has 0 saturated heterocycles. The van der Waals surface area contributed by atoms with Crippen molar-refractivity contribution in [3.8, 4) is 22.9 Å². The van der Waals surface area contributed by atoms with Gasteiger partial charge in [0.05, 0.1) is 14.2 Å². The lowest BCUT2D eigenvalue weighted by molar-refractivity contribution is -0.124. The summed E-state index contributed by atoms with van der Waals surface area (Å²) in [6.45, 7) is 10.2. The molecule has 0 aliphatic carbocycles. The van der Waals surface area contributed by atoms with Crippen molar-refractivity contribution in [2.45, 2.75) is 53.5 Å². The summed E-state index contributed by atoms with van der Waals surface area (Å²) in [4.78, 5) is 17.0. The fraction of sp³-hybridized carbons (Fsp3) is 0.571. The molecular formula is C21H31N3O4. The van der Waals surface area contributed by atoms with Crippen molar-refractivity contribution in [3.63, 3.8) is 0 Å². The topological polar surface area (TPSA) is 86.5 Å². The molecule has 0 bridgehead atoms.